The van der Waals surface area contributed by atoms with Gasteiger partial charge in [-0.1, -0.05) is 127 Å². The molecule has 5 atom stereocenters. The van der Waals surface area contributed by atoms with Crippen LogP contribution >= 0.6 is 0 Å². The Morgan fingerprint density at radius 3 is 1.34 bits per heavy atom. The zero-order valence-electron chi connectivity index (χ0n) is 23.1. The Hall–Kier alpha value is -3.76. The Morgan fingerprint density at radius 2 is 0.902 bits per heavy atom. The van der Waals surface area contributed by atoms with Gasteiger partial charge in [0.25, 0.3) is 0 Å². The minimum absolute atomic E-state index is 0.295. The summed E-state index contributed by atoms with van der Waals surface area (Å²) in [5.41, 5.74) is 4.23. The predicted molar refractivity (Wildman–Crippen MR) is 159 cm³/mol. The van der Waals surface area contributed by atoms with E-state index in [4.69, 9.17) is 30.1 Å². The maximum absolute atomic E-state index is 6.62. The zero-order valence-corrected chi connectivity index (χ0v) is 23.1. The number of benzene rings is 4. The van der Waals surface area contributed by atoms with E-state index < -0.39 is 30.5 Å². The number of terminal acetylenes is 1. The molecule has 0 saturated carbocycles. The fourth-order valence-corrected chi connectivity index (χ4v) is 4.92. The van der Waals surface area contributed by atoms with Crippen LogP contribution in [-0.2, 0) is 50.1 Å². The monoisotopic (exact) mass is 548 g/mol. The van der Waals surface area contributed by atoms with Gasteiger partial charge in [0.2, 0.25) is 0 Å². The lowest BCUT2D eigenvalue weighted by atomic mass is 9.94. The van der Waals surface area contributed by atoms with Crippen molar-refractivity contribution < 1.29 is 23.7 Å². The molecule has 210 valence electrons. The third-order valence-electron chi connectivity index (χ3n) is 7.05. The molecule has 0 spiro atoms. The average molecular weight is 549 g/mol. The molecule has 5 nitrogen and oxygen atoms in total. The van der Waals surface area contributed by atoms with Gasteiger partial charge in [-0.25, -0.2) is 0 Å². The number of rotatable bonds is 13. The maximum Gasteiger partial charge on any atom is 0.147 e. The van der Waals surface area contributed by atoms with Crippen LogP contribution in [0.15, 0.2) is 121 Å². The molecule has 0 radical (unpaired) electrons. The minimum atomic E-state index is -0.638. The zero-order chi connectivity index (χ0) is 28.1. The second-order valence-corrected chi connectivity index (χ2v) is 10.0. The van der Waals surface area contributed by atoms with Crippen LogP contribution in [0.25, 0.3) is 0 Å². The first-order valence-corrected chi connectivity index (χ1v) is 14.0. The Bertz CT molecular complexity index is 1320. The first kappa shape index (κ1) is 28.8. The van der Waals surface area contributed by atoms with Gasteiger partial charge in [0.1, 0.15) is 30.5 Å². The van der Waals surface area contributed by atoms with Crippen LogP contribution in [0.1, 0.15) is 22.3 Å². The van der Waals surface area contributed by atoms with Crippen LogP contribution in [0.5, 0.6) is 0 Å². The molecular weight excluding hydrogens is 512 g/mol. The average Bonchev–Trinajstić information content (AvgIpc) is 3.04. The predicted octanol–water partition coefficient (Wildman–Crippen LogP) is 6.36. The minimum Gasteiger partial charge on any atom is -0.374 e. The second kappa shape index (κ2) is 15.3. The fraction of sp³-hybridized carbons (Fsp3) is 0.278. The summed E-state index contributed by atoms with van der Waals surface area (Å²) in [4.78, 5) is 0. The highest BCUT2D eigenvalue weighted by Crippen LogP contribution is 2.31. The van der Waals surface area contributed by atoms with E-state index in [0.29, 0.717) is 33.0 Å². The van der Waals surface area contributed by atoms with Gasteiger partial charge in [0.15, 0.2) is 0 Å². The maximum atomic E-state index is 6.62. The highest BCUT2D eigenvalue weighted by Gasteiger charge is 2.48. The van der Waals surface area contributed by atoms with Crippen LogP contribution in [0.2, 0.25) is 0 Å². The van der Waals surface area contributed by atoms with Crippen molar-refractivity contribution in [2.75, 3.05) is 6.61 Å². The Balaban J connectivity index is 1.39. The van der Waals surface area contributed by atoms with Crippen molar-refractivity contribution >= 4 is 0 Å². The van der Waals surface area contributed by atoms with Gasteiger partial charge in [-0.3, -0.25) is 0 Å². The first-order valence-electron chi connectivity index (χ1n) is 14.0. The largest absolute Gasteiger partial charge is 0.374 e. The van der Waals surface area contributed by atoms with E-state index in [2.05, 4.69) is 5.92 Å². The van der Waals surface area contributed by atoms with E-state index in [-0.39, 0.29) is 0 Å². The van der Waals surface area contributed by atoms with Crippen molar-refractivity contribution in [3.05, 3.63) is 144 Å². The number of hydrogen-bond acceptors (Lipinski definition) is 5. The Labute approximate surface area is 243 Å². The third-order valence-corrected chi connectivity index (χ3v) is 7.05. The number of hydrogen-bond donors (Lipinski definition) is 0. The van der Waals surface area contributed by atoms with Crippen molar-refractivity contribution in [3.8, 4) is 12.3 Å². The molecule has 1 saturated heterocycles. The topological polar surface area (TPSA) is 46.2 Å². The Kier molecular flexibility index (Phi) is 10.7. The van der Waals surface area contributed by atoms with E-state index in [9.17, 15) is 0 Å². The van der Waals surface area contributed by atoms with Gasteiger partial charge < -0.3 is 23.7 Å². The van der Waals surface area contributed by atoms with Crippen LogP contribution < -0.4 is 0 Å². The molecule has 0 aromatic heterocycles. The van der Waals surface area contributed by atoms with Gasteiger partial charge >= 0.3 is 0 Å². The van der Waals surface area contributed by atoms with Crippen molar-refractivity contribution in [1.29, 1.82) is 0 Å². The quantitative estimate of drug-likeness (QED) is 0.182. The highest BCUT2D eigenvalue weighted by atomic mass is 16.6. The fourth-order valence-electron chi connectivity index (χ4n) is 4.92. The van der Waals surface area contributed by atoms with Gasteiger partial charge in [-0.05, 0) is 22.3 Å². The summed E-state index contributed by atoms with van der Waals surface area (Å²) in [6, 6.07) is 40.2. The molecular formula is C36H36O5. The second-order valence-electron chi connectivity index (χ2n) is 10.0. The van der Waals surface area contributed by atoms with E-state index in [1.165, 1.54) is 0 Å². The molecule has 4 aromatic rings. The van der Waals surface area contributed by atoms with Gasteiger partial charge in [-0.2, -0.15) is 0 Å². The number of ether oxygens (including phenoxy) is 5. The summed E-state index contributed by atoms with van der Waals surface area (Å²) in [5, 5.41) is 0. The Morgan fingerprint density at radius 1 is 0.512 bits per heavy atom. The molecule has 5 rings (SSSR count). The standard InChI is InChI=1S/C36H36O5/c1-2-32-34(38-24-29-17-9-4-10-18-29)36(40-26-31-21-13-6-14-22-31)35(39-25-30-19-11-5-12-20-30)33(41-32)27-37-23-28-15-7-3-8-16-28/h1,3-22,32-36H,23-27H2/t32-,33-,34-,35-,36+/m1/s1. The molecule has 41 heavy (non-hydrogen) atoms. The summed E-state index contributed by atoms with van der Waals surface area (Å²) in [7, 11) is 0. The summed E-state index contributed by atoms with van der Waals surface area (Å²) in [6.07, 6.45) is 3.41. The molecule has 5 heteroatoms. The molecule has 1 aliphatic heterocycles. The molecule has 0 bridgehead atoms. The van der Waals surface area contributed by atoms with Crippen LogP contribution in [0.4, 0.5) is 0 Å². The van der Waals surface area contributed by atoms with Crippen molar-refractivity contribution in [3.63, 3.8) is 0 Å². The van der Waals surface area contributed by atoms with Crippen molar-refractivity contribution in [2.45, 2.75) is 56.9 Å². The molecule has 4 aromatic carbocycles. The normalized spacial score (nSPS) is 22.2. The van der Waals surface area contributed by atoms with Gasteiger partial charge in [0.05, 0.1) is 33.0 Å². The molecule has 0 N–H and O–H groups in total. The van der Waals surface area contributed by atoms with E-state index in [1.807, 2.05) is 121 Å². The lowest BCUT2D eigenvalue weighted by molar-refractivity contribution is -0.261. The van der Waals surface area contributed by atoms with E-state index >= 15 is 0 Å². The van der Waals surface area contributed by atoms with Gasteiger partial charge in [0, 0.05) is 0 Å². The highest BCUT2D eigenvalue weighted by molar-refractivity contribution is 5.17. The molecule has 0 aliphatic carbocycles. The summed E-state index contributed by atoms with van der Waals surface area (Å²) in [6.45, 7) is 1.90. The molecule has 0 unspecified atom stereocenters. The van der Waals surface area contributed by atoms with Crippen molar-refractivity contribution in [2.24, 2.45) is 0 Å². The molecule has 1 aliphatic rings. The summed E-state index contributed by atoms with van der Waals surface area (Å²) in [5.74, 6) is 2.81. The summed E-state index contributed by atoms with van der Waals surface area (Å²) >= 11 is 0. The molecule has 1 heterocycles. The van der Waals surface area contributed by atoms with Crippen molar-refractivity contribution in [1.82, 2.24) is 0 Å². The third kappa shape index (κ3) is 8.37. The smallest absolute Gasteiger partial charge is 0.147 e. The van der Waals surface area contributed by atoms with E-state index in [1.54, 1.807) is 0 Å². The molecule has 0 amide bonds. The first-order chi connectivity index (χ1) is 20.3. The van der Waals surface area contributed by atoms with E-state index in [0.717, 1.165) is 22.3 Å². The lowest BCUT2D eigenvalue weighted by Gasteiger charge is -2.44. The summed E-state index contributed by atoms with van der Waals surface area (Å²) < 4.78 is 32.3. The van der Waals surface area contributed by atoms with Gasteiger partial charge in [-0.15, -0.1) is 6.42 Å². The SMILES string of the molecule is C#C[C@H]1O[C@H](COCc2ccccc2)[C@@H](OCc2ccccc2)[C@@H](OCc2ccccc2)[C@@H]1OCc1ccccc1. The molecule has 1 fully saturated rings. The lowest BCUT2D eigenvalue weighted by Crippen LogP contribution is -2.60. The van der Waals surface area contributed by atoms with Crippen LogP contribution in [0, 0.1) is 12.3 Å². The van der Waals surface area contributed by atoms with Crippen LogP contribution in [-0.4, -0.2) is 37.1 Å². The van der Waals surface area contributed by atoms with Crippen LogP contribution in [0.3, 0.4) is 0 Å².